The molecule has 0 fully saturated rings. The summed E-state index contributed by atoms with van der Waals surface area (Å²) in [6.45, 7) is 10.2. The third kappa shape index (κ3) is 42.2. The van der Waals surface area contributed by atoms with Gasteiger partial charge in [0.25, 0.3) is 0 Å². The summed E-state index contributed by atoms with van der Waals surface area (Å²) in [7, 11) is -3.96. The molecular weight excluding hydrogens is 737 g/mol. The lowest BCUT2D eigenvalue weighted by atomic mass is 10.0. The van der Waals surface area contributed by atoms with Crippen molar-refractivity contribution in [1.29, 1.82) is 0 Å². The number of ether oxygens (including phenoxy) is 2. The number of hydrogen-bond donors (Lipinski definition) is 2. The van der Waals surface area contributed by atoms with Gasteiger partial charge in [-0.2, -0.15) is 8.42 Å². The molecule has 1 unspecified atom stereocenters. The van der Waals surface area contributed by atoms with Gasteiger partial charge >= 0.3 is 22.1 Å². The first kappa shape index (κ1) is 55.3. The molecule has 0 rings (SSSR count). The lowest BCUT2D eigenvalue weighted by Gasteiger charge is -2.22. The third-order valence-corrected chi connectivity index (χ3v) is 11.4. The molecule has 0 spiro atoms. The SMILES string of the molecule is CCCCCCCCCOC(=O)CCCCCCCN(CCCCCCCC(=O)OC(CCCCCCC)CCCCCCCC)CCCC/C(N)=N/S(N)(=O)=O. The van der Waals surface area contributed by atoms with Crippen LogP contribution < -0.4 is 10.9 Å². The Morgan fingerprint density at radius 2 is 0.877 bits per heavy atom. The first-order valence-electron chi connectivity index (χ1n) is 24.1. The Balaban J connectivity index is 4.46. The van der Waals surface area contributed by atoms with Crippen LogP contribution >= 0.6 is 0 Å². The number of amidine groups is 1. The second kappa shape index (κ2) is 41.0. The highest BCUT2D eigenvalue weighted by Gasteiger charge is 2.14. The van der Waals surface area contributed by atoms with E-state index in [2.05, 4.69) is 30.1 Å². The number of nitrogens with zero attached hydrogens (tertiary/aromatic N) is 2. The molecule has 4 N–H and O–H groups in total. The molecule has 0 aromatic carbocycles. The quantitative estimate of drug-likeness (QED) is 0.0266. The fourth-order valence-corrected chi connectivity index (χ4v) is 7.83. The van der Waals surface area contributed by atoms with Crippen molar-refractivity contribution in [2.75, 3.05) is 26.2 Å². The molecule has 57 heavy (non-hydrogen) atoms. The van der Waals surface area contributed by atoms with Crippen molar-refractivity contribution in [3.63, 3.8) is 0 Å². The number of nitrogens with two attached hydrogens (primary N) is 2. The summed E-state index contributed by atoms with van der Waals surface area (Å²) in [6.07, 6.45) is 38.1. The maximum absolute atomic E-state index is 12.8. The molecule has 0 aliphatic heterocycles. The number of unbranched alkanes of at least 4 members (excludes halogenated alkanes) is 24. The lowest BCUT2D eigenvalue weighted by molar-refractivity contribution is -0.150. The van der Waals surface area contributed by atoms with Crippen molar-refractivity contribution in [2.24, 2.45) is 15.3 Å². The summed E-state index contributed by atoms with van der Waals surface area (Å²) in [5.41, 5.74) is 5.76. The largest absolute Gasteiger partial charge is 0.466 e. The van der Waals surface area contributed by atoms with Crippen molar-refractivity contribution in [2.45, 2.75) is 252 Å². The van der Waals surface area contributed by atoms with E-state index in [4.69, 9.17) is 20.3 Å². The van der Waals surface area contributed by atoms with Gasteiger partial charge in [0.15, 0.2) is 0 Å². The molecule has 0 bridgehead atoms. The van der Waals surface area contributed by atoms with Gasteiger partial charge in [0.1, 0.15) is 11.9 Å². The molecule has 0 saturated heterocycles. The van der Waals surface area contributed by atoms with Crippen molar-refractivity contribution in [1.82, 2.24) is 4.90 Å². The monoisotopic (exact) mass is 829 g/mol. The molecule has 1 atom stereocenters. The normalized spacial score (nSPS) is 12.7. The first-order chi connectivity index (χ1) is 27.6. The summed E-state index contributed by atoms with van der Waals surface area (Å²) in [5.74, 6) is -0.0117. The van der Waals surface area contributed by atoms with Crippen LogP contribution in [0.25, 0.3) is 0 Å². The van der Waals surface area contributed by atoms with Crippen LogP contribution in [0.2, 0.25) is 0 Å². The van der Waals surface area contributed by atoms with Crippen molar-refractivity contribution in [3.8, 4) is 0 Å². The minimum absolute atomic E-state index is 0.0146. The van der Waals surface area contributed by atoms with Gasteiger partial charge in [0.2, 0.25) is 0 Å². The number of hydrogen-bond acceptors (Lipinski definition) is 7. The van der Waals surface area contributed by atoms with Crippen LogP contribution in [-0.2, 0) is 29.3 Å². The van der Waals surface area contributed by atoms with Crippen LogP contribution in [0.5, 0.6) is 0 Å². The van der Waals surface area contributed by atoms with Crippen LogP contribution in [0.4, 0.5) is 0 Å². The molecule has 0 aliphatic rings. The molecule has 0 aliphatic carbocycles. The summed E-state index contributed by atoms with van der Waals surface area (Å²) in [6, 6.07) is 0. The predicted molar refractivity (Wildman–Crippen MR) is 241 cm³/mol. The smallest absolute Gasteiger partial charge is 0.318 e. The van der Waals surface area contributed by atoms with Crippen LogP contribution in [-0.4, -0.2) is 63.4 Å². The Labute approximate surface area is 352 Å². The molecule has 0 radical (unpaired) electrons. The van der Waals surface area contributed by atoms with Gasteiger partial charge in [-0.1, -0.05) is 156 Å². The van der Waals surface area contributed by atoms with Gasteiger partial charge in [-0.3, -0.25) is 9.59 Å². The lowest BCUT2D eigenvalue weighted by Crippen LogP contribution is -2.27. The topological polar surface area (TPSA) is 154 Å². The van der Waals surface area contributed by atoms with Crippen LogP contribution in [0.1, 0.15) is 245 Å². The number of rotatable bonds is 44. The molecule has 11 heteroatoms. The maximum Gasteiger partial charge on any atom is 0.318 e. The highest BCUT2D eigenvalue weighted by atomic mass is 32.2. The van der Waals surface area contributed by atoms with E-state index in [1.165, 1.54) is 89.9 Å². The highest BCUT2D eigenvalue weighted by molar-refractivity contribution is 7.88. The Kier molecular flexibility index (Phi) is 39.8. The summed E-state index contributed by atoms with van der Waals surface area (Å²) in [4.78, 5) is 27.4. The van der Waals surface area contributed by atoms with Crippen molar-refractivity contribution >= 4 is 28.0 Å². The summed E-state index contributed by atoms with van der Waals surface area (Å²) < 4.78 is 37.2. The van der Waals surface area contributed by atoms with E-state index in [0.717, 1.165) is 135 Å². The Morgan fingerprint density at radius 3 is 1.35 bits per heavy atom. The average Bonchev–Trinajstić information content (AvgIpc) is 3.16. The number of esters is 2. The summed E-state index contributed by atoms with van der Waals surface area (Å²) >= 11 is 0. The maximum atomic E-state index is 12.8. The van der Waals surface area contributed by atoms with E-state index >= 15 is 0 Å². The molecular formula is C46H92N4O6S. The molecule has 0 saturated carbocycles. The third-order valence-electron chi connectivity index (χ3n) is 10.9. The Bertz CT molecular complexity index is 1060. The van der Waals surface area contributed by atoms with Crippen molar-refractivity contribution in [3.05, 3.63) is 0 Å². The molecule has 0 aromatic rings. The van der Waals surface area contributed by atoms with Gasteiger partial charge in [-0.15, -0.1) is 4.40 Å². The molecule has 0 amide bonds. The Hall–Kier alpha value is -1.72. The van der Waals surface area contributed by atoms with E-state index in [-0.39, 0.29) is 23.9 Å². The fraction of sp³-hybridized carbons (Fsp3) is 0.935. The van der Waals surface area contributed by atoms with Gasteiger partial charge in [0.05, 0.1) is 6.61 Å². The van der Waals surface area contributed by atoms with E-state index in [1.807, 2.05) is 0 Å². The molecule has 10 nitrogen and oxygen atoms in total. The zero-order chi connectivity index (χ0) is 42.1. The van der Waals surface area contributed by atoms with Crippen LogP contribution in [0, 0.1) is 0 Å². The van der Waals surface area contributed by atoms with Gasteiger partial charge in [-0.25, -0.2) is 5.14 Å². The van der Waals surface area contributed by atoms with E-state index < -0.39 is 10.2 Å². The second-order valence-electron chi connectivity index (χ2n) is 16.6. The minimum atomic E-state index is -3.96. The van der Waals surface area contributed by atoms with Crippen molar-refractivity contribution < 1.29 is 27.5 Å². The molecule has 0 heterocycles. The van der Waals surface area contributed by atoms with Crippen LogP contribution in [0.3, 0.4) is 0 Å². The zero-order valence-corrected chi connectivity index (χ0v) is 38.4. The highest BCUT2D eigenvalue weighted by Crippen LogP contribution is 2.18. The van der Waals surface area contributed by atoms with E-state index in [9.17, 15) is 18.0 Å². The first-order valence-corrected chi connectivity index (χ1v) is 25.6. The van der Waals surface area contributed by atoms with Crippen LogP contribution in [0.15, 0.2) is 4.40 Å². The predicted octanol–water partition coefficient (Wildman–Crippen LogP) is 12.0. The van der Waals surface area contributed by atoms with E-state index in [0.29, 0.717) is 25.9 Å². The molecule has 338 valence electrons. The second-order valence-corrected chi connectivity index (χ2v) is 17.9. The average molecular weight is 829 g/mol. The standard InChI is InChI=1S/C46H92N4O6S/c1-4-7-10-13-15-24-33-42-55-45(51)37-27-20-16-22-30-39-50(41-32-29-36-44(47)49-57(48,53)54)40-31-23-17-21-28-38-46(52)56-43(34-25-18-12-9-6-3)35-26-19-14-11-8-5-2/h43H,4-42H2,1-3H3,(H2,47,49)(H2,48,53,54). The van der Waals surface area contributed by atoms with Gasteiger partial charge in [-0.05, 0) is 90.3 Å². The number of carbonyl (C=O) groups is 2. The zero-order valence-electron chi connectivity index (χ0n) is 37.6. The minimum Gasteiger partial charge on any atom is -0.466 e. The van der Waals surface area contributed by atoms with E-state index in [1.54, 1.807) is 0 Å². The summed E-state index contributed by atoms with van der Waals surface area (Å²) in [5, 5.41) is 4.99. The number of carbonyl (C=O) groups excluding carboxylic acids is 2. The van der Waals surface area contributed by atoms with Gasteiger partial charge < -0.3 is 20.1 Å². The van der Waals surface area contributed by atoms with Gasteiger partial charge in [0, 0.05) is 19.3 Å². The Morgan fingerprint density at radius 1 is 0.509 bits per heavy atom. The molecule has 0 aromatic heterocycles. The fourth-order valence-electron chi connectivity index (χ4n) is 7.41.